The summed E-state index contributed by atoms with van der Waals surface area (Å²) in [7, 11) is 0. The topological polar surface area (TPSA) is 0 Å². The van der Waals surface area contributed by atoms with Crippen LogP contribution >= 0.6 is 45.8 Å². The molecule has 0 aliphatic heterocycles. The molecular formula is C19H15Cl2I. The van der Waals surface area contributed by atoms with Crippen LogP contribution in [0.2, 0.25) is 10.0 Å². The highest BCUT2D eigenvalue weighted by atomic mass is 127. The first-order valence-electron chi connectivity index (χ1n) is 7.18. The van der Waals surface area contributed by atoms with Gasteiger partial charge >= 0.3 is 0 Å². The van der Waals surface area contributed by atoms with Crippen LogP contribution in [0.3, 0.4) is 0 Å². The molecule has 0 unspecified atom stereocenters. The van der Waals surface area contributed by atoms with Crippen molar-refractivity contribution in [1.82, 2.24) is 0 Å². The molecule has 3 heteroatoms. The molecule has 1 aliphatic rings. The molecule has 0 radical (unpaired) electrons. The minimum atomic E-state index is 0.603. The molecule has 3 rings (SSSR count). The molecular weight excluding hydrogens is 426 g/mol. The first kappa shape index (κ1) is 16.1. The van der Waals surface area contributed by atoms with Crippen molar-refractivity contribution in [2.24, 2.45) is 0 Å². The van der Waals surface area contributed by atoms with Crippen LogP contribution < -0.4 is 0 Å². The molecule has 112 valence electrons. The van der Waals surface area contributed by atoms with E-state index in [1.807, 2.05) is 12.1 Å². The molecule has 0 saturated heterocycles. The highest BCUT2D eigenvalue weighted by molar-refractivity contribution is 14.1. The lowest BCUT2D eigenvalue weighted by atomic mass is 9.90. The van der Waals surface area contributed by atoms with Crippen molar-refractivity contribution in [1.29, 1.82) is 0 Å². The molecule has 0 heterocycles. The molecule has 2 aromatic carbocycles. The maximum absolute atomic E-state index is 6.18. The fourth-order valence-corrected chi connectivity index (χ4v) is 4.07. The van der Waals surface area contributed by atoms with Gasteiger partial charge in [0.1, 0.15) is 0 Å². The number of rotatable bonds is 2. The van der Waals surface area contributed by atoms with E-state index in [1.54, 1.807) is 0 Å². The lowest BCUT2D eigenvalue weighted by Crippen LogP contribution is -1.97. The Morgan fingerprint density at radius 1 is 0.909 bits per heavy atom. The van der Waals surface area contributed by atoms with E-state index in [2.05, 4.69) is 65.9 Å². The zero-order valence-electron chi connectivity index (χ0n) is 12.2. The number of allylic oxidation sites excluding steroid dienone is 4. The van der Waals surface area contributed by atoms with Crippen molar-refractivity contribution in [3.05, 3.63) is 78.9 Å². The molecule has 0 nitrogen and oxygen atoms in total. The lowest BCUT2D eigenvalue weighted by Gasteiger charge is -2.19. The van der Waals surface area contributed by atoms with E-state index in [4.69, 9.17) is 23.2 Å². The summed E-state index contributed by atoms with van der Waals surface area (Å²) >= 11 is 14.7. The summed E-state index contributed by atoms with van der Waals surface area (Å²) in [5.74, 6) is 0. The second kappa shape index (κ2) is 6.77. The summed E-state index contributed by atoms with van der Waals surface area (Å²) in [6.07, 6.45) is 4.41. The monoisotopic (exact) mass is 440 g/mol. The quantitative estimate of drug-likeness (QED) is 0.429. The molecule has 2 aromatic rings. The van der Waals surface area contributed by atoms with Crippen LogP contribution in [-0.2, 0) is 0 Å². The van der Waals surface area contributed by atoms with Gasteiger partial charge in [-0.25, -0.2) is 0 Å². The van der Waals surface area contributed by atoms with Gasteiger partial charge in [-0.05, 0) is 76.8 Å². The van der Waals surface area contributed by atoms with Crippen molar-refractivity contribution in [2.75, 3.05) is 0 Å². The molecule has 0 aromatic heterocycles. The van der Waals surface area contributed by atoms with Crippen molar-refractivity contribution in [3.8, 4) is 0 Å². The first-order chi connectivity index (χ1) is 10.6. The van der Waals surface area contributed by atoms with Gasteiger partial charge in [0.05, 0.1) is 10.0 Å². The zero-order valence-corrected chi connectivity index (χ0v) is 15.8. The summed E-state index contributed by atoms with van der Waals surface area (Å²) in [5.41, 5.74) is 6.37. The maximum atomic E-state index is 6.18. The Balaban J connectivity index is 2.04. The fraction of sp³-hybridized carbons (Fsp3) is 0.158. The molecule has 0 N–H and O–H groups in total. The Bertz CT molecular complexity index is 771. The van der Waals surface area contributed by atoms with Gasteiger partial charge in [-0.1, -0.05) is 65.2 Å². The van der Waals surface area contributed by atoms with Crippen LogP contribution in [0.1, 0.15) is 29.5 Å². The predicted octanol–water partition coefficient (Wildman–Crippen LogP) is 7.33. The SMILES string of the molecule is Cc1ccc(C2=CCCC(c3ccc(Cl)c(Cl)c3)=C2I)cc1. The van der Waals surface area contributed by atoms with Crippen LogP contribution in [0.15, 0.2) is 52.1 Å². The normalized spacial score (nSPS) is 15.0. The third-order valence-corrected chi connectivity index (χ3v) is 5.85. The maximum Gasteiger partial charge on any atom is 0.0598 e. The lowest BCUT2D eigenvalue weighted by molar-refractivity contribution is 1.06. The summed E-state index contributed by atoms with van der Waals surface area (Å²) in [6.45, 7) is 2.11. The predicted molar refractivity (Wildman–Crippen MR) is 106 cm³/mol. The second-order valence-corrected chi connectivity index (χ2v) is 7.34. The molecule has 0 fully saturated rings. The van der Waals surface area contributed by atoms with Gasteiger partial charge in [-0.3, -0.25) is 0 Å². The van der Waals surface area contributed by atoms with Crippen molar-refractivity contribution in [2.45, 2.75) is 19.8 Å². The zero-order chi connectivity index (χ0) is 15.7. The molecule has 1 aliphatic carbocycles. The summed E-state index contributed by atoms with van der Waals surface area (Å²) in [4.78, 5) is 0. The van der Waals surface area contributed by atoms with Gasteiger partial charge < -0.3 is 0 Å². The summed E-state index contributed by atoms with van der Waals surface area (Å²) in [6, 6.07) is 14.6. The van der Waals surface area contributed by atoms with Gasteiger partial charge in [-0.15, -0.1) is 0 Å². The Kier molecular flexibility index (Phi) is 4.96. The average Bonchev–Trinajstić information content (AvgIpc) is 2.51. The Morgan fingerprint density at radius 3 is 2.27 bits per heavy atom. The largest absolute Gasteiger partial charge is 0.0827 e. The Morgan fingerprint density at radius 2 is 1.59 bits per heavy atom. The molecule has 0 spiro atoms. The average molecular weight is 441 g/mol. The number of halogens is 3. The highest BCUT2D eigenvalue weighted by Gasteiger charge is 2.17. The van der Waals surface area contributed by atoms with Gasteiger partial charge in [0.25, 0.3) is 0 Å². The van der Waals surface area contributed by atoms with E-state index in [0.29, 0.717) is 10.0 Å². The highest BCUT2D eigenvalue weighted by Crippen LogP contribution is 2.42. The number of aryl methyl sites for hydroxylation is 1. The van der Waals surface area contributed by atoms with Crippen LogP contribution in [0.4, 0.5) is 0 Å². The van der Waals surface area contributed by atoms with Crippen molar-refractivity contribution < 1.29 is 0 Å². The smallest absolute Gasteiger partial charge is 0.0598 e. The Hall–Kier alpha value is -0.770. The number of hydrogen-bond donors (Lipinski definition) is 0. The third kappa shape index (κ3) is 3.27. The van der Waals surface area contributed by atoms with Gasteiger partial charge in [0.2, 0.25) is 0 Å². The van der Waals surface area contributed by atoms with Crippen molar-refractivity contribution >= 4 is 56.9 Å². The molecule has 22 heavy (non-hydrogen) atoms. The number of hydrogen-bond acceptors (Lipinski definition) is 0. The standard InChI is InChI=1S/C19H15Cl2I/c1-12-5-7-13(8-6-12)15-3-2-4-16(19(15)22)14-9-10-17(20)18(21)11-14/h3,5-11H,2,4H2,1H3. The molecule has 0 amide bonds. The van der Waals surface area contributed by atoms with Gasteiger partial charge in [0.15, 0.2) is 0 Å². The number of benzene rings is 2. The fourth-order valence-electron chi connectivity index (χ4n) is 2.66. The van der Waals surface area contributed by atoms with E-state index >= 15 is 0 Å². The van der Waals surface area contributed by atoms with Crippen LogP contribution in [0.25, 0.3) is 11.1 Å². The van der Waals surface area contributed by atoms with Crippen LogP contribution in [0, 0.1) is 6.92 Å². The van der Waals surface area contributed by atoms with Crippen molar-refractivity contribution in [3.63, 3.8) is 0 Å². The van der Waals surface area contributed by atoms with Gasteiger partial charge in [0, 0.05) is 3.58 Å². The first-order valence-corrected chi connectivity index (χ1v) is 9.01. The molecule has 0 bridgehead atoms. The second-order valence-electron chi connectivity index (χ2n) is 5.44. The minimum Gasteiger partial charge on any atom is -0.0827 e. The Labute approximate surface area is 155 Å². The van der Waals surface area contributed by atoms with E-state index in [1.165, 1.54) is 25.9 Å². The minimum absolute atomic E-state index is 0.603. The van der Waals surface area contributed by atoms with Gasteiger partial charge in [-0.2, -0.15) is 0 Å². The van der Waals surface area contributed by atoms with Crippen LogP contribution in [0.5, 0.6) is 0 Å². The van der Waals surface area contributed by atoms with E-state index in [0.717, 1.165) is 18.4 Å². The summed E-state index contributed by atoms with van der Waals surface area (Å²) in [5, 5.41) is 1.22. The third-order valence-electron chi connectivity index (χ3n) is 3.87. The van der Waals surface area contributed by atoms with Crippen LogP contribution in [-0.4, -0.2) is 0 Å². The van der Waals surface area contributed by atoms with E-state index in [9.17, 15) is 0 Å². The molecule has 0 atom stereocenters. The molecule has 0 saturated carbocycles. The summed E-state index contributed by atoms with van der Waals surface area (Å²) < 4.78 is 1.30. The van der Waals surface area contributed by atoms with E-state index in [-0.39, 0.29) is 0 Å². The van der Waals surface area contributed by atoms with E-state index < -0.39 is 0 Å².